The second-order valence-electron chi connectivity index (χ2n) is 8.54. The van der Waals surface area contributed by atoms with Crippen LogP contribution in [0, 0.1) is 16.0 Å². The Hall–Kier alpha value is -2.89. The van der Waals surface area contributed by atoms with Gasteiger partial charge in [-0.05, 0) is 55.7 Å². The number of hydrogen-bond acceptors (Lipinski definition) is 4. The molecule has 0 atom stereocenters. The first-order chi connectivity index (χ1) is 14.6. The van der Waals surface area contributed by atoms with Gasteiger partial charge in [0.25, 0.3) is 11.6 Å². The normalized spacial score (nSPS) is 17.8. The highest BCUT2D eigenvalue weighted by Crippen LogP contribution is 2.33. The molecule has 0 aromatic heterocycles. The molecular formula is C24H29N3O3. The van der Waals surface area contributed by atoms with Crippen molar-refractivity contribution in [2.75, 3.05) is 18.0 Å². The van der Waals surface area contributed by atoms with E-state index in [1.54, 1.807) is 12.1 Å². The molecule has 2 aromatic rings. The number of hydrogen-bond donors (Lipinski definition) is 1. The van der Waals surface area contributed by atoms with Crippen molar-refractivity contribution in [3.63, 3.8) is 0 Å². The van der Waals surface area contributed by atoms with Crippen LogP contribution < -0.4 is 10.2 Å². The summed E-state index contributed by atoms with van der Waals surface area (Å²) in [5, 5.41) is 14.8. The molecule has 0 radical (unpaired) electrons. The lowest BCUT2D eigenvalue weighted by Gasteiger charge is -2.33. The molecule has 1 aliphatic carbocycles. The summed E-state index contributed by atoms with van der Waals surface area (Å²) in [6.07, 6.45) is 7.31. The number of piperidine rings is 1. The fourth-order valence-corrected chi connectivity index (χ4v) is 4.74. The van der Waals surface area contributed by atoms with Crippen LogP contribution in [-0.4, -0.2) is 30.0 Å². The van der Waals surface area contributed by atoms with Gasteiger partial charge < -0.3 is 10.2 Å². The molecule has 6 heteroatoms. The summed E-state index contributed by atoms with van der Waals surface area (Å²) in [5.74, 6) is 0.386. The third-order valence-corrected chi connectivity index (χ3v) is 6.45. The van der Waals surface area contributed by atoms with Gasteiger partial charge in [0.1, 0.15) is 5.69 Å². The summed E-state index contributed by atoms with van der Waals surface area (Å²) in [6, 6.07) is 15.6. The lowest BCUT2D eigenvalue weighted by atomic mass is 9.90. The number of nitrogens with zero attached hydrogens (tertiary/aromatic N) is 2. The zero-order chi connectivity index (χ0) is 20.9. The molecule has 2 fully saturated rings. The van der Waals surface area contributed by atoms with Gasteiger partial charge >= 0.3 is 0 Å². The molecule has 0 spiro atoms. The van der Waals surface area contributed by atoms with Crippen LogP contribution in [0.2, 0.25) is 0 Å². The van der Waals surface area contributed by atoms with E-state index >= 15 is 0 Å². The molecule has 1 amide bonds. The van der Waals surface area contributed by atoms with Crippen molar-refractivity contribution < 1.29 is 9.72 Å². The third kappa shape index (κ3) is 4.81. The minimum atomic E-state index is -0.363. The molecule has 2 aliphatic rings. The standard InChI is InChI=1S/C24H29N3O3/c28-24(25-21-8-4-5-9-21)20-10-11-22(23(17-20)27(29)30)26-14-12-19(13-15-26)16-18-6-2-1-3-7-18/h1-3,6-7,10-11,17,19,21H,4-5,8-9,12-16H2,(H,25,28). The van der Waals surface area contributed by atoms with Gasteiger partial charge in [-0.25, -0.2) is 0 Å². The van der Waals surface area contributed by atoms with Crippen molar-refractivity contribution in [3.05, 3.63) is 69.8 Å². The number of nitro benzene ring substituents is 1. The summed E-state index contributed by atoms with van der Waals surface area (Å²) >= 11 is 0. The first-order valence-corrected chi connectivity index (χ1v) is 11.0. The molecule has 158 valence electrons. The van der Waals surface area contributed by atoms with Crippen LogP contribution in [0.1, 0.15) is 54.4 Å². The predicted molar refractivity (Wildman–Crippen MR) is 118 cm³/mol. The number of rotatable bonds is 6. The molecule has 1 saturated heterocycles. The van der Waals surface area contributed by atoms with Crippen molar-refractivity contribution in [2.24, 2.45) is 5.92 Å². The third-order valence-electron chi connectivity index (χ3n) is 6.45. The molecule has 1 saturated carbocycles. The average molecular weight is 408 g/mol. The number of anilines is 1. The van der Waals surface area contributed by atoms with Crippen molar-refractivity contribution in [2.45, 2.75) is 51.0 Å². The van der Waals surface area contributed by atoms with Crippen LogP contribution >= 0.6 is 0 Å². The molecular weight excluding hydrogens is 378 g/mol. The average Bonchev–Trinajstić information content (AvgIpc) is 3.27. The largest absolute Gasteiger partial charge is 0.366 e. The van der Waals surface area contributed by atoms with E-state index in [4.69, 9.17) is 0 Å². The molecule has 2 aromatic carbocycles. The Morgan fingerprint density at radius 2 is 1.73 bits per heavy atom. The monoisotopic (exact) mass is 407 g/mol. The highest BCUT2D eigenvalue weighted by Gasteiger charge is 2.27. The first kappa shape index (κ1) is 20.4. The van der Waals surface area contributed by atoms with Gasteiger partial charge in [0.05, 0.1) is 4.92 Å². The zero-order valence-electron chi connectivity index (χ0n) is 17.3. The SMILES string of the molecule is O=C(NC1CCCC1)c1ccc(N2CCC(Cc3ccccc3)CC2)c([N+](=O)[O-])c1. The van der Waals surface area contributed by atoms with Crippen molar-refractivity contribution in [1.29, 1.82) is 0 Å². The number of benzene rings is 2. The Labute approximate surface area is 177 Å². The summed E-state index contributed by atoms with van der Waals surface area (Å²) < 4.78 is 0. The van der Waals surface area contributed by atoms with Gasteiger partial charge in [0.2, 0.25) is 0 Å². The fraction of sp³-hybridized carbons (Fsp3) is 0.458. The summed E-state index contributed by atoms with van der Waals surface area (Å²) in [7, 11) is 0. The maximum Gasteiger partial charge on any atom is 0.293 e. The molecule has 1 N–H and O–H groups in total. The number of carbonyl (C=O) groups is 1. The van der Waals surface area contributed by atoms with Crippen LogP contribution in [0.3, 0.4) is 0 Å². The van der Waals surface area contributed by atoms with Crippen molar-refractivity contribution in [3.8, 4) is 0 Å². The lowest BCUT2D eigenvalue weighted by molar-refractivity contribution is -0.384. The van der Waals surface area contributed by atoms with Crippen molar-refractivity contribution in [1.82, 2.24) is 5.32 Å². The van der Waals surface area contributed by atoms with Crippen LogP contribution in [0.5, 0.6) is 0 Å². The summed E-state index contributed by atoms with van der Waals surface area (Å²) in [4.78, 5) is 26.0. The fourth-order valence-electron chi connectivity index (χ4n) is 4.74. The van der Waals surface area contributed by atoms with Crippen LogP contribution in [0.15, 0.2) is 48.5 Å². The van der Waals surface area contributed by atoms with Crippen molar-refractivity contribution >= 4 is 17.3 Å². The Bertz CT molecular complexity index is 886. The quantitative estimate of drug-likeness (QED) is 0.555. The molecule has 0 unspecified atom stereocenters. The Morgan fingerprint density at radius 1 is 1.03 bits per heavy atom. The molecule has 1 aliphatic heterocycles. The van der Waals surface area contributed by atoms with Gasteiger partial charge in [-0.15, -0.1) is 0 Å². The Balaban J connectivity index is 1.42. The Kier molecular flexibility index (Phi) is 6.31. The van der Waals surface area contributed by atoms with E-state index in [9.17, 15) is 14.9 Å². The highest BCUT2D eigenvalue weighted by molar-refractivity contribution is 5.96. The smallest absolute Gasteiger partial charge is 0.293 e. The lowest BCUT2D eigenvalue weighted by Crippen LogP contribution is -2.35. The zero-order valence-corrected chi connectivity index (χ0v) is 17.3. The second kappa shape index (κ2) is 9.28. The van der Waals surface area contributed by atoms with E-state index in [2.05, 4.69) is 34.5 Å². The molecule has 6 nitrogen and oxygen atoms in total. The van der Waals surface area contributed by atoms with E-state index in [-0.39, 0.29) is 22.6 Å². The predicted octanol–water partition coefficient (Wildman–Crippen LogP) is 4.73. The summed E-state index contributed by atoms with van der Waals surface area (Å²) in [5.41, 5.74) is 2.36. The van der Waals surface area contributed by atoms with E-state index in [0.717, 1.165) is 58.0 Å². The van der Waals surface area contributed by atoms with Gasteiger partial charge in [-0.3, -0.25) is 14.9 Å². The molecule has 4 rings (SSSR count). The number of carbonyl (C=O) groups excluding carboxylic acids is 1. The maximum atomic E-state index is 12.5. The number of amides is 1. The summed E-state index contributed by atoms with van der Waals surface area (Å²) in [6.45, 7) is 1.60. The molecule has 0 bridgehead atoms. The number of nitrogens with one attached hydrogen (secondary N) is 1. The first-order valence-electron chi connectivity index (χ1n) is 11.0. The van der Waals surface area contributed by atoms with Crippen LogP contribution in [-0.2, 0) is 6.42 Å². The van der Waals surface area contributed by atoms with E-state index < -0.39 is 0 Å². The van der Waals surface area contributed by atoms with E-state index in [1.807, 2.05) is 6.07 Å². The highest BCUT2D eigenvalue weighted by atomic mass is 16.6. The van der Waals surface area contributed by atoms with Gasteiger partial charge in [-0.2, -0.15) is 0 Å². The van der Waals surface area contributed by atoms with E-state index in [1.165, 1.54) is 11.6 Å². The van der Waals surface area contributed by atoms with Gasteiger partial charge in [0, 0.05) is 30.8 Å². The minimum absolute atomic E-state index is 0.0237. The minimum Gasteiger partial charge on any atom is -0.366 e. The number of nitro groups is 1. The maximum absolute atomic E-state index is 12.5. The van der Waals surface area contributed by atoms with Gasteiger partial charge in [0.15, 0.2) is 0 Å². The van der Waals surface area contributed by atoms with Crippen LogP contribution in [0.4, 0.5) is 11.4 Å². The van der Waals surface area contributed by atoms with E-state index in [0.29, 0.717) is 17.2 Å². The molecule has 30 heavy (non-hydrogen) atoms. The Morgan fingerprint density at radius 3 is 2.40 bits per heavy atom. The van der Waals surface area contributed by atoms with Crippen LogP contribution in [0.25, 0.3) is 0 Å². The molecule has 1 heterocycles. The second-order valence-corrected chi connectivity index (χ2v) is 8.54. The topological polar surface area (TPSA) is 75.5 Å². The van der Waals surface area contributed by atoms with Gasteiger partial charge in [-0.1, -0.05) is 43.2 Å².